The third-order valence-electron chi connectivity index (χ3n) is 3.32. The fraction of sp³-hybridized carbons (Fsp3) is 0.250. The molecule has 0 fully saturated rings. The summed E-state index contributed by atoms with van der Waals surface area (Å²) in [5.74, 6) is 0.769. The number of nitrogens with one attached hydrogen (secondary N) is 2. The van der Waals surface area contributed by atoms with Crippen LogP contribution < -0.4 is 5.32 Å². The molecule has 0 aliphatic carbocycles. The molecule has 0 radical (unpaired) electrons. The SMILES string of the molecule is C#CCC(NC(=O)Cc1c(C)[nH]c2ccccc12)C(=O)O. The highest BCUT2D eigenvalue weighted by molar-refractivity contribution is 5.91. The molecule has 108 valence electrons. The molecule has 5 nitrogen and oxygen atoms in total. The van der Waals surface area contributed by atoms with Crippen molar-refractivity contribution in [2.45, 2.75) is 25.8 Å². The van der Waals surface area contributed by atoms with E-state index in [0.29, 0.717) is 0 Å². The predicted molar refractivity (Wildman–Crippen MR) is 79.8 cm³/mol. The van der Waals surface area contributed by atoms with Gasteiger partial charge in [-0.1, -0.05) is 18.2 Å². The number of carbonyl (C=O) groups is 2. The van der Waals surface area contributed by atoms with E-state index in [1.165, 1.54) is 0 Å². The molecule has 3 N–H and O–H groups in total. The summed E-state index contributed by atoms with van der Waals surface area (Å²) in [5.41, 5.74) is 2.72. The third kappa shape index (κ3) is 3.23. The van der Waals surface area contributed by atoms with Crippen LogP contribution in [-0.4, -0.2) is 28.0 Å². The summed E-state index contributed by atoms with van der Waals surface area (Å²) in [6, 6.07) is 6.62. The average molecular weight is 284 g/mol. The van der Waals surface area contributed by atoms with Crippen molar-refractivity contribution < 1.29 is 14.7 Å². The molecule has 1 unspecified atom stereocenters. The van der Waals surface area contributed by atoms with Crippen molar-refractivity contribution in [2.24, 2.45) is 0 Å². The van der Waals surface area contributed by atoms with Crippen LogP contribution in [-0.2, 0) is 16.0 Å². The lowest BCUT2D eigenvalue weighted by molar-refractivity contribution is -0.141. The average Bonchev–Trinajstić information content (AvgIpc) is 2.75. The standard InChI is InChI=1S/C16H16N2O3/c1-3-6-14(16(20)21)18-15(19)9-12-10(2)17-13-8-5-4-7-11(12)13/h1,4-5,7-8,14,17H,6,9H2,2H3,(H,18,19)(H,20,21). The first-order valence-electron chi connectivity index (χ1n) is 6.54. The highest BCUT2D eigenvalue weighted by atomic mass is 16.4. The first-order valence-corrected chi connectivity index (χ1v) is 6.54. The van der Waals surface area contributed by atoms with Crippen molar-refractivity contribution in [3.63, 3.8) is 0 Å². The Morgan fingerprint density at radius 3 is 2.81 bits per heavy atom. The van der Waals surface area contributed by atoms with E-state index in [1.807, 2.05) is 31.2 Å². The summed E-state index contributed by atoms with van der Waals surface area (Å²) in [7, 11) is 0. The number of hydrogen-bond donors (Lipinski definition) is 3. The smallest absolute Gasteiger partial charge is 0.327 e. The van der Waals surface area contributed by atoms with Gasteiger partial charge in [0.1, 0.15) is 6.04 Å². The summed E-state index contributed by atoms with van der Waals surface area (Å²) >= 11 is 0. The van der Waals surface area contributed by atoms with Crippen molar-refractivity contribution in [1.29, 1.82) is 0 Å². The molecular weight excluding hydrogens is 268 g/mol. The van der Waals surface area contributed by atoms with Crippen LogP contribution in [0.2, 0.25) is 0 Å². The molecule has 0 saturated heterocycles. The van der Waals surface area contributed by atoms with Crippen molar-refractivity contribution in [2.75, 3.05) is 0 Å². The molecule has 0 spiro atoms. The van der Waals surface area contributed by atoms with Crippen molar-refractivity contribution in [3.05, 3.63) is 35.5 Å². The van der Waals surface area contributed by atoms with Crippen molar-refractivity contribution in [3.8, 4) is 12.3 Å². The van der Waals surface area contributed by atoms with E-state index in [2.05, 4.69) is 16.2 Å². The summed E-state index contributed by atoms with van der Waals surface area (Å²) in [5, 5.41) is 12.4. The number of para-hydroxylation sites is 1. The van der Waals surface area contributed by atoms with Crippen LogP contribution in [0.5, 0.6) is 0 Å². The predicted octanol–water partition coefficient (Wildman–Crippen LogP) is 1.61. The number of hydrogen-bond acceptors (Lipinski definition) is 2. The molecule has 1 amide bonds. The van der Waals surface area contributed by atoms with Crippen LogP contribution in [0.1, 0.15) is 17.7 Å². The number of carboxylic acid groups (broad SMARTS) is 1. The largest absolute Gasteiger partial charge is 0.480 e. The number of aliphatic carboxylic acids is 1. The van der Waals surface area contributed by atoms with Crippen LogP contribution in [0.15, 0.2) is 24.3 Å². The van der Waals surface area contributed by atoms with E-state index in [-0.39, 0.29) is 18.7 Å². The van der Waals surface area contributed by atoms with E-state index in [1.54, 1.807) is 0 Å². The molecular formula is C16H16N2O3. The van der Waals surface area contributed by atoms with E-state index in [9.17, 15) is 9.59 Å². The van der Waals surface area contributed by atoms with Gasteiger partial charge in [0.25, 0.3) is 0 Å². The Morgan fingerprint density at radius 1 is 1.43 bits per heavy atom. The molecule has 1 aromatic carbocycles. The van der Waals surface area contributed by atoms with Gasteiger partial charge in [0.2, 0.25) is 5.91 Å². The highest BCUT2D eigenvalue weighted by Gasteiger charge is 2.20. The zero-order chi connectivity index (χ0) is 15.4. The number of aromatic amines is 1. The number of carbonyl (C=O) groups excluding carboxylic acids is 1. The topological polar surface area (TPSA) is 82.2 Å². The Kier molecular flexibility index (Phi) is 4.29. The number of aryl methyl sites for hydroxylation is 1. The fourth-order valence-electron chi connectivity index (χ4n) is 2.29. The van der Waals surface area contributed by atoms with Gasteiger partial charge in [-0.05, 0) is 18.6 Å². The minimum absolute atomic E-state index is 0.0338. The first-order chi connectivity index (χ1) is 10.0. The minimum atomic E-state index is -1.13. The van der Waals surface area contributed by atoms with Gasteiger partial charge in [-0.2, -0.15) is 0 Å². The summed E-state index contributed by atoms with van der Waals surface area (Å²) in [6.45, 7) is 1.89. The maximum absolute atomic E-state index is 12.0. The van der Waals surface area contributed by atoms with Gasteiger partial charge >= 0.3 is 5.97 Å². The van der Waals surface area contributed by atoms with Crippen LogP contribution in [0.4, 0.5) is 0 Å². The Balaban J connectivity index is 2.17. The van der Waals surface area contributed by atoms with Crippen LogP contribution >= 0.6 is 0 Å². The second kappa shape index (κ2) is 6.14. The molecule has 21 heavy (non-hydrogen) atoms. The quantitative estimate of drug-likeness (QED) is 0.730. The van der Waals surface area contributed by atoms with Crippen molar-refractivity contribution >= 4 is 22.8 Å². The zero-order valence-corrected chi connectivity index (χ0v) is 11.6. The Bertz CT molecular complexity index is 725. The van der Waals surface area contributed by atoms with E-state index in [0.717, 1.165) is 22.2 Å². The Morgan fingerprint density at radius 2 is 2.14 bits per heavy atom. The number of aromatic nitrogens is 1. The summed E-state index contributed by atoms with van der Waals surface area (Å²) in [4.78, 5) is 26.2. The molecule has 0 aliphatic rings. The second-order valence-corrected chi connectivity index (χ2v) is 4.82. The Hall–Kier alpha value is -2.74. The number of H-pyrrole nitrogens is 1. The molecule has 2 rings (SSSR count). The number of terminal acetylenes is 1. The molecule has 0 aliphatic heterocycles. The lowest BCUT2D eigenvalue weighted by Gasteiger charge is -2.11. The first kappa shape index (κ1) is 14.7. The highest BCUT2D eigenvalue weighted by Crippen LogP contribution is 2.22. The number of carboxylic acids is 1. The van der Waals surface area contributed by atoms with Gasteiger partial charge in [0.15, 0.2) is 0 Å². The molecule has 1 heterocycles. The summed E-state index contributed by atoms with van der Waals surface area (Å²) in [6.07, 6.45) is 5.19. The van der Waals surface area contributed by atoms with E-state index < -0.39 is 12.0 Å². The minimum Gasteiger partial charge on any atom is -0.480 e. The fourth-order valence-corrected chi connectivity index (χ4v) is 2.29. The van der Waals surface area contributed by atoms with Crippen molar-refractivity contribution in [1.82, 2.24) is 10.3 Å². The Labute approximate surface area is 122 Å². The molecule has 1 aromatic heterocycles. The normalized spacial score (nSPS) is 11.8. The third-order valence-corrected chi connectivity index (χ3v) is 3.32. The zero-order valence-electron chi connectivity index (χ0n) is 11.6. The maximum Gasteiger partial charge on any atom is 0.327 e. The number of fused-ring (bicyclic) bond motifs is 1. The lowest BCUT2D eigenvalue weighted by atomic mass is 10.1. The van der Waals surface area contributed by atoms with E-state index >= 15 is 0 Å². The number of benzene rings is 1. The maximum atomic E-state index is 12.0. The van der Waals surface area contributed by atoms with E-state index in [4.69, 9.17) is 11.5 Å². The molecule has 5 heteroatoms. The van der Waals surface area contributed by atoms with Crippen LogP contribution in [0.3, 0.4) is 0 Å². The van der Waals surface area contributed by atoms with Crippen LogP contribution in [0, 0.1) is 19.3 Å². The molecule has 2 aromatic rings. The van der Waals surface area contributed by atoms with Gasteiger partial charge in [-0.3, -0.25) is 4.79 Å². The second-order valence-electron chi connectivity index (χ2n) is 4.82. The van der Waals surface area contributed by atoms with Crippen LogP contribution in [0.25, 0.3) is 10.9 Å². The monoisotopic (exact) mass is 284 g/mol. The van der Waals surface area contributed by atoms with Gasteiger partial charge in [-0.15, -0.1) is 12.3 Å². The van der Waals surface area contributed by atoms with Gasteiger partial charge in [0, 0.05) is 23.0 Å². The molecule has 1 atom stereocenters. The summed E-state index contributed by atoms with van der Waals surface area (Å²) < 4.78 is 0. The molecule has 0 bridgehead atoms. The van der Waals surface area contributed by atoms with Gasteiger partial charge in [-0.25, -0.2) is 4.79 Å². The lowest BCUT2D eigenvalue weighted by Crippen LogP contribution is -2.41. The molecule has 0 saturated carbocycles. The van der Waals surface area contributed by atoms with Gasteiger partial charge in [0.05, 0.1) is 6.42 Å². The van der Waals surface area contributed by atoms with Gasteiger partial charge < -0.3 is 15.4 Å². The number of rotatable bonds is 5. The number of amides is 1.